The molecule has 1 N–H and O–H groups in total. The number of halogens is 1. The number of para-hydroxylation sites is 1. The van der Waals surface area contributed by atoms with E-state index in [2.05, 4.69) is 5.32 Å². The molecule has 124 valence electrons. The highest BCUT2D eigenvalue weighted by molar-refractivity contribution is 6.34. The lowest BCUT2D eigenvalue weighted by molar-refractivity contribution is 0.319. The monoisotopic (exact) mass is 343 g/mol. The van der Waals surface area contributed by atoms with Gasteiger partial charge in [0.2, 0.25) is 0 Å². The lowest BCUT2D eigenvalue weighted by Crippen LogP contribution is -2.16. The third-order valence-electron chi connectivity index (χ3n) is 3.72. The summed E-state index contributed by atoms with van der Waals surface area (Å²) in [6, 6.07) is 12.4. The first-order chi connectivity index (χ1) is 11.6. The summed E-state index contributed by atoms with van der Waals surface area (Å²) in [5, 5.41) is 3.92. The minimum atomic E-state index is -0.129. The third-order valence-corrected chi connectivity index (χ3v) is 4.02. The lowest BCUT2D eigenvalue weighted by Gasteiger charge is -2.12. The Labute approximate surface area is 145 Å². The van der Waals surface area contributed by atoms with Crippen LogP contribution in [0.15, 0.2) is 51.7 Å². The van der Waals surface area contributed by atoms with Gasteiger partial charge >= 0.3 is 0 Å². The molecular weight excluding hydrogens is 326 g/mol. The standard InChI is InChI=1S/C19H18ClNO3/c1-12-6-7-14(17(10-12)23-9-8-21-2)18-11-16(22)13-4-3-5-15(20)19(13)24-18/h3-7,10-11,21H,8-9H2,1-2H3. The highest BCUT2D eigenvalue weighted by Gasteiger charge is 2.13. The van der Waals surface area contributed by atoms with Crippen LogP contribution in [0.4, 0.5) is 0 Å². The van der Waals surface area contributed by atoms with Crippen LogP contribution in [0.5, 0.6) is 5.75 Å². The molecule has 0 bridgehead atoms. The van der Waals surface area contributed by atoms with Gasteiger partial charge in [-0.2, -0.15) is 0 Å². The summed E-state index contributed by atoms with van der Waals surface area (Å²) in [7, 11) is 1.87. The van der Waals surface area contributed by atoms with E-state index in [-0.39, 0.29) is 5.43 Å². The van der Waals surface area contributed by atoms with E-state index in [1.807, 2.05) is 32.2 Å². The van der Waals surface area contributed by atoms with Crippen molar-refractivity contribution < 1.29 is 9.15 Å². The Balaban J connectivity index is 2.13. The smallest absolute Gasteiger partial charge is 0.193 e. The van der Waals surface area contributed by atoms with Crippen LogP contribution in [0, 0.1) is 6.92 Å². The second-order valence-electron chi connectivity index (χ2n) is 5.54. The summed E-state index contributed by atoms with van der Waals surface area (Å²) < 4.78 is 11.8. The number of rotatable bonds is 5. The summed E-state index contributed by atoms with van der Waals surface area (Å²) in [6.07, 6.45) is 0. The van der Waals surface area contributed by atoms with E-state index < -0.39 is 0 Å². The van der Waals surface area contributed by atoms with E-state index in [0.29, 0.717) is 34.1 Å². The van der Waals surface area contributed by atoms with Crippen LogP contribution in [0.25, 0.3) is 22.3 Å². The molecule has 5 heteroatoms. The third kappa shape index (κ3) is 3.30. The molecule has 0 spiro atoms. The van der Waals surface area contributed by atoms with Gasteiger partial charge in [-0.3, -0.25) is 4.79 Å². The van der Waals surface area contributed by atoms with Crippen LogP contribution < -0.4 is 15.5 Å². The van der Waals surface area contributed by atoms with Crippen LogP contribution in [-0.2, 0) is 0 Å². The number of aryl methyl sites for hydroxylation is 1. The van der Waals surface area contributed by atoms with Crippen molar-refractivity contribution in [3.8, 4) is 17.1 Å². The van der Waals surface area contributed by atoms with Crippen LogP contribution in [0.3, 0.4) is 0 Å². The van der Waals surface area contributed by atoms with Crippen molar-refractivity contribution in [2.24, 2.45) is 0 Å². The molecule has 0 aliphatic carbocycles. The summed E-state index contributed by atoms with van der Waals surface area (Å²) in [6.45, 7) is 3.23. The van der Waals surface area contributed by atoms with Crippen molar-refractivity contribution in [2.45, 2.75) is 6.92 Å². The van der Waals surface area contributed by atoms with Gasteiger partial charge in [0, 0.05) is 12.6 Å². The van der Waals surface area contributed by atoms with Crippen molar-refractivity contribution in [1.29, 1.82) is 0 Å². The normalized spacial score (nSPS) is 11.0. The van der Waals surface area contributed by atoms with Crippen LogP contribution in [-0.4, -0.2) is 20.2 Å². The molecule has 0 radical (unpaired) electrons. The molecular formula is C19H18ClNO3. The van der Waals surface area contributed by atoms with Gasteiger partial charge in [-0.25, -0.2) is 0 Å². The Kier molecular flexibility index (Phi) is 4.88. The predicted molar refractivity (Wildman–Crippen MR) is 97.1 cm³/mol. The number of nitrogens with one attached hydrogen (secondary N) is 1. The van der Waals surface area contributed by atoms with Gasteiger partial charge in [0.15, 0.2) is 11.0 Å². The zero-order chi connectivity index (χ0) is 17.1. The molecule has 0 atom stereocenters. The fourth-order valence-corrected chi connectivity index (χ4v) is 2.70. The molecule has 0 aliphatic heterocycles. The first kappa shape index (κ1) is 16.6. The number of likely N-dealkylation sites (N-methyl/N-ethyl adjacent to an activating group) is 1. The minimum absolute atomic E-state index is 0.129. The number of ether oxygens (including phenoxy) is 1. The molecule has 4 nitrogen and oxygen atoms in total. The Bertz CT molecular complexity index is 934. The van der Waals surface area contributed by atoms with Crippen LogP contribution in [0.1, 0.15) is 5.56 Å². The molecule has 1 aromatic heterocycles. The number of benzene rings is 2. The molecule has 0 aliphatic rings. The molecule has 1 heterocycles. The van der Waals surface area contributed by atoms with Crippen molar-refractivity contribution in [1.82, 2.24) is 5.32 Å². The van der Waals surface area contributed by atoms with Gasteiger partial charge < -0.3 is 14.5 Å². The van der Waals surface area contributed by atoms with E-state index in [1.54, 1.807) is 18.2 Å². The van der Waals surface area contributed by atoms with E-state index in [0.717, 1.165) is 17.7 Å². The quantitative estimate of drug-likeness (QED) is 0.711. The summed E-state index contributed by atoms with van der Waals surface area (Å²) in [4.78, 5) is 12.4. The highest BCUT2D eigenvalue weighted by Crippen LogP contribution is 2.33. The maximum Gasteiger partial charge on any atom is 0.193 e. The van der Waals surface area contributed by atoms with Crippen molar-refractivity contribution in [3.05, 3.63) is 63.3 Å². The maximum absolute atomic E-state index is 12.4. The second kappa shape index (κ2) is 7.07. The molecule has 24 heavy (non-hydrogen) atoms. The van der Waals surface area contributed by atoms with Gasteiger partial charge in [0.05, 0.1) is 16.0 Å². The molecule has 0 saturated carbocycles. The van der Waals surface area contributed by atoms with Crippen LogP contribution in [0.2, 0.25) is 5.02 Å². The zero-order valence-corrected chi connectivity index (χ0v) is 14.3. The summed E-state index contributed by atoms with van der Waals surface area (Å²) in [5.74, 6) is 1.12. The van der Waals surface area contributed by atoms with Gasteiger partial charge in [-0.15, -0.1) is 0 Å². The average Bonchev–Trinajstić information content (AvgIpc) is 2.56. The molecule has 2 aromatic carbocycles. The Morgan fingerprint density at radius 2 is 2.04 bits per heavy atom. The molecule has 0 fully saturated rings. The summed E-state index contributed by atoms with van der Waals surface area (Å²) in [5.41, 5.74) is 2.06. The largest absolute Gasteiger partial charge is 0.491 e. The fraction of sp³-hybridized carbons (Fsp3) is 0.211. The number of hydrogen-bond acceptors (Lipinski definition) is 4. The first-order valence-electron chi connectivity index (χ1n) is 7.71. The molecule has 3 aromatic rings. The summed E-state index contributed by atoms with van der Waals surface area (Å²) >= 11 is 6.18. The lowest BCUT2D eigenvalue weighted by atomic mass is 10.1. The zero-order valence-electron chi connectivity index (χ0n) is 13.6. The van der Waals surface area contributed by atoms with Crippen molar-refractivity contribution in [2.75, 3.05) is 20.2 Å². The molecule has 0 saturated heterocycles. The molecule has 0 amide bonds. The first-order valence-corrected chi connectivity index (χ1v) is 8.09. The van der Waals surface area contributed by atoms with Gasteiger partial charge in [-0.1, -0.05) is 23.7 Å². The van der Waals surface area contributed by atoms with E-state index in [4.69, 9.17) is 20.8 Å². The molecule has 0 unspecified atom stereocenters. The van der Waals surface area contributed by atoms with E-state index in [1.165, 1.54) is 6.07 Å². The van der Waals surface area contributed by atoms with Crippen LogP contribution >= 0.6 is 11.6 Å². The Hall–Kier alpha value is -2.30. The van der Waals surface area contributed by atoms with Crippen molar-refractivity contribution >= 4 is 22.6 Å². The second-order valence-corrected chi connectivity index (χ2v) is 5.95. The SMILES string of the molecule is CNCCOc1cc(C)ccc1-c1cc(=O)c2cccc(Cl)c2o1. The Morgan fingerprint density at radius 3 is 2.83 bits per heavy atom. The van der Waals surface area contributed by atoms with Gasteiger partial charge in [0.25, 0.3) is 0 Å². The Morgan fingerprint density at radius 1 is 1.21 bits per heavy atom. The predicted octanol–water partition coefficient (Wildman–Crippen LogP) is 4.02. The molecule has 3 rings (SSSR count). The van der Waals surface area contributed by atoms with E-state index in [9.17, 15) is 4.79 Å². The topological polar surface area (TPSA) is 51.5 Å². The minimum Gasteiger partial charge on any atom is -0.491 e. The van der Waals surface area contributed by atoms with Gasteiger partial charge in [0.1, 0.15) is 18.1 Å². The maximum atomic E-state index is 12.4. The average molecular weight is 344 g/mol. The fourth-order valence-electron chi connectivity index (χ4n) is 2.49. The highest BCUT2D eigenvalue weighted by atomic mass is 35.5. The van der Waals surface area contributed by atoms with Crippen molar-refractivity contribution in [3.63, 3.8) is 0 Å². The number of hydrogen-bond donors (Lipinski definition) is 1. The van der Waals surface area contributed by atoms with Gasteiger partial charge in [-0.05, 0) is 43.8 Å². The number of fused-ring (bicyclic) bond motifs is 1. The van der Waals surface area contributed by atoms with E-state index >= 15 is 0 Å².